The number of Topliss-reactive ketones (excluding diaryl/α,β-unsaturated/α-hetero) is 1. The number of nitrogens with one attached hydrogen (secondary N) is 1. The van der Waals surface area contributed by atoms with E-state index in [-0.39, 0.29) is 12.2 Å². The van der Waals surface area contributed by atoms with Crippen LogP contribution in [0.25, 0.3) is 0 Å². The van der Waals surface area contributed by atoms with E-state index in [1.165, 1.54) is 7.11 Å². The fraction of sp³-hybridized carbons (Fsp3) is 0.385. The summed E-state index contributed by atoms with van der Waals surface area (Å²) < 4.78 is 4.63. The van der Waals surface area contributed by atoms with Crippen LogP contribution in [-0.2, 0) is 14.3 Å². The lowest BCUT2D eigenvalue weighted by atomic mass is 9.94. The summed E-state index contributed by atoms with van der Waals surface area (Å²) in [6.07, 6.45) is 9.39. The van der Waals surface area contributed by atoms with Crippen molar-refractivity contribution in [3.8, 4) is 0 Å². The van der Waals surface area contributed by atoms with Crippen LogP contribution < -0.4 is 5.32 Å². The summed E-state index contributed by atoms with van der Waals surface area (Å²) in [6.45, 7) is 0. The average Bonchev–Trinajstić information content (AvgIpc) is 2.64. The van der Waals surface area contributed by atoms with Gasteiger partial charge in [0.25, 0.3) is 0 Å². The molecule has 4 nitrogen and oxygen atoms in total. The van der Waals surface area contributed by atoms with Gasteiger partial charge in [0.15, 0.2) is 0 Å². The molecular weight excluding hydrogens is 250 g/mol. The maximum Gasteiger partial charge on any atom is 0.306 e. The van der Waals surface area contributed by atoms with Crippen molar-refractivity contribution in [2.45, 2.75) is 12.8 Å². The number of methoxy groups -OCH3 is 1. The van der Waals surface area contributed by atoms with E-state index in [1.807, 2.05) is 18.2 Å². The molecule has 1 aliphatic heterocycles. The molecule has 1 aliphatic rings. The molecule has 0 fully saturated rings. The Morgan fingerprint density at radius 3 is 2.83 bits per heavy atom. The van der Waals surface area contributed by atoms with Crippen molar-refractivity contribution in [3.05, 3.63) is 36.2 Å². The van der Waals surface area contributed by atoms with Gasteiger partial charge in [-0.25, -0.2) is 0 Å². The molecule has 0 amide bonds. The smallest absolute Gasteiger partial charge is 0.306 e. The minimum absolute atomic E-state index is 0.0159. The molecule has 0 radical (unpaired) electrons. The Morgan fingerprint density at radius 2 is 2.17 bits per heavy atom. The molecule has 0 saturated carbocycles. The highest BCUT2D eigenvalue weighted by Crippen LogP contribution is 2.18. The number of carbonyl (C=O) groups is 2. The van der Waals surface area contributed by atoms with Gasteiger partial charge in [0.2, 0.25) is 0 Å². The van der Waals surface area contributed by atoms with Gasteiger partial charge in [0, 0.05) is 18.3 Å². The van der Waals surface area contributed by atoms with Crippen LogP contribution in [0.5, 0.6) is 0 Å². The highest BCUT2D eigenvalue weighted by molar-refractivity contribution is 7.80. The molecule has 5 heteroatoms. The molecule has 1 atom stereocenters. The van der Waals surface area contributed by atoms with Gasteiger partial charge >= 0.3 is 5.97 Å². The Kier molecular flexibility index (Phi) is 6.28. The normalized spacial score (nSPS) is 15.3. The Morgan fingerprint density at radius 1 is 1.39 bits per heavy atom. The molecule has 0 aliphatic carbocycles. The quantitative estimate of drug-likeness (QED) is 0.567. The lowest BCUT2D eigenvalue weighted by Gasteiger charge is -2.17. The molecule has 1 N–H and O–H groups in total. The van der Waals surface area contributed by atoms with E-state index >= 15 is 0 Å². The van der Waals surface area contributed by atoms with E-state index in [4.69, 9.17) is 0 Å². The second-order valence-electron chi connectivity index (χ2n) is 3.78. The number of hydrogen-bond donors (Lipinski definition) is 2. The third-order valence-corrected chi connectivity index (χ3v) is 2.79. The number of hydrogen-bond acceptors (Lipinski definition) is 5. The maximum atomic E-state index is 12.0. The number of allylic oxidation sites excluding steroid dienone is 5. The Labute approximate surface area is 112 Å². The Bertz CT molecular complexity index is 399. The van der Waals surface area contributed by atoms with Gasteiger partial charge < -0.3 is 10.1 Å². The number of esters is 1. The lowest BCUT2D eigenvalue weighted by Crippen LogP contribution is -2.26. The van der Waals surface area contributed by atoms with Gasteiger partial charge in [-0.2, -0.15) is 12.6 Å². The molecule has 0 bridgehead atoms. The Hall–Kier alpha value is -1.49. The second kappa shape index (κ2) is 7.76. The average molecular weight is 267 g/mol. The first-order chi connectivity index (χ1) is 8.69. The third kappa shape index (κ3) is 4.41. The van der Waals surface area contributed by atoms with Crippen LogP contribution in [0.3, 0.4) is 0 Å². The molecule has 1 heterocycles. The second-order valence-corrected chi connectivity index (χ2v) is 4.23. The monoisotopic (exact) mass is 267 g/mol. The van der Waals surface area contributed by atoms with Gasteiger partial charge in [-0.1, -0.05) is 12.2 Å². The summed E-state index contributed by atoms with van der Waals surface area (Å²) in [5, 5.41) is 3.01. The van der Waals surface area contributed by atoms with E-state index in [1.54, 1.807) is 12.3 Å². The highest BCUT2D eigenvalue weighted by atomic mass is 32.1. The molecular formula is C13H17NO3S. The zero-order valence-electron chi connectivity index (χ0n) is 10.3. The molecule has 18 heavy (non-hydrogen) atoms. The van der Waals surface area contributed by atoms with Gasteiger partial charge in [0.05, 0.1) is 19.4 Å². The van der Waals surface area contributed by atoms with E-state index in [2.05, 4.69) is 22.7 Å². The van der Waals surface area contributed by atoms with Crippen LogP contribution in [-0.4, -0.2) is 24.6 Å². The van der Waals surface area contributed by atoms with Crippen LogP contribution >= 0.6 is 12.6 Å². The number of ketones is 1. The molecule has 0 aromatic carbocycles. The number of ether oxygens (including phenoxy) is 1. The molecule has 0 spiro atoms. The fourth-order valence-corrected chi connectivity index (χ4v) is 1.84. The summed E-state index contributed by atoms with van der Waals surface area (Å²) in [7, 11) is 1.32. The summed E-state index contributed by atoms with van der Waals surface area (Å²) in [6, 6.07) is 0. The van der Waals surface area contributed by atoms with Crippen LogP contribution in [0.2, 0.25) is 0 Å². The van der Waals surface area contributed by atoms with E-state index in [9.17, 15) is 9.59 Å². The van der Waals surface area contributed by atoms with Gasteiger partial charge in [-0.15, -0.1) is 0 Å². The topological polar surface area (TPSA) is 55.4 Å². The predicted octanol–water partition coefficient (Wildman–Crippen LogP) is 1.61. The zero-order valence-corrected chi connectivity index (χ0v) is 11.2. The SMILES string of the molecule is COC(=O)CC(C(=O)CCS)C1=CC=CC=CN1. The van der Waals surface area contributed by atoms with Gasteiger partial charge in [-0.05, 0) is 17.9 Å². The Balaban J connectivity index is 2.85. The maximum absolute atomic E-state index is 12.0. The molecule has 0 aromatic heterocycles. The van der Waals surface area contributed by atoms with Crippen molar-refractivity contribution in [1.29, 1.82) is 0 Å². The summed E-state index contributed by atoms with van der Waals surface area (Å²) in [5.74, 6) is -0.447. The van der Waals surface area contributed by atoms with Crippen molar-refractivity contribution in [2.24, 2.45) is 5.92 Å². The summed E-state index contributed by atoms with van der Waals surface area (Å²) in [5.41, 5.74) is 0.706. The molecule has 1 unspecified atom stereocenters. The van der Waals surface area contributed by atoms with Crippen LogP contribution in [0.4, 0.5) is 0 Å². The first kappa shape index (κ1) is 14.6. The summed E-state index contributed by atoms with van der Waals surface area (Å²) in [4.78, 5) is 23.4. The van der Waals surface area contributed by atoms with E-state index < -0.39 is 11.9 Å². The van der Waals surface area contributed by atoms with Gasteiger partial charge in [-0.3, -0.25) is 9.59 Å². The molecule has 1 rings (SSSR count). The van der Waals surface area contributed by atoms with Crippen molar-refractivity contribution in [1.82, 2.24) is 5.32 Å². The summed E-state index contributed by atoms with van der Waals surface area (Å²) >= 11 is 4.05. The highest BCUT2D eigenvalue weighted by Gasteiger charge is 2.25. The van der Waals surface area contributed by atoms with Crippen LogP contribution in [0, 0.1) is 5.92 Å². The number of carbonyl (C=O) groups excluding carboxylic acids is 2. The first-order valence-corrected chi connectivity index (χ1v) is 6.32. The van der Waals surface area contributed by atoms with Crippen LogP contribution in [0.1, 0.15) is 12.8 Å². The molecule has 0 aromatic rings. The van der Waals surface area contributed by atoms with E-state index in [0.29, 0.717) is 17.9 Å². The molecule has 98 valence electrons. The minimum atomic E-state index is -0.503. The minimum Gasteiger partial charge on any atom is -0.469 e. The van der Waals surface area contributed by atoms with Crippen molar-refractivity contribution < 1.29 is 14.3 Å². The first-order valence-electron chi connectivity index (χ1n) is 5.69. The lowest BCUT2D eigenvalue weighted by molar-refractivity contribution is -0.143. The largest absolute Gasteiger partial charge is 0.469 e. The van der Waals surface area contributed by atoms with Crippen molar-refractivity contribution >= 4 is 24.4 Å². The van der Waals surface area contributed by atoms with Gasteiger partial charge in [0.1, 0.15) is 5.78 Å². The van der Waals surface area contributed by atoms with Crippen LogP contribution in [0.15, 0.2) is 36.2 Å². The standard InChI is InChI=1S/C13H17NO3S/c1-17-13(16)9-10(12(15)6-8-18)11-5-3-2-4-7-14-11/h2-5,7,10,14,18H,6,8-9H2,1H3. The number of rotatable bonds is 6. The van der Waals surface area contributed by atoms with E-state index in [0.717, 1.165) is 0 Å². The van der Waals surface area contributed by atoms with Crippen molar-refractivity contribution in [3.63, 3.8) is 0 Å². The fourth-order valence-electron chi connectivity index (χ4n) is 1.62. The molecule has 0 saturated heterocycles. The predicted molar refractivity (Wildman–Crippen MR) is 73.1 cm³/mol. The third-order valence-electron chi connectivity index (χ3n) is 2.56. The zero-order chi connectivity index (χ0) is 13.4. The van der Waals surface area contributed by atoms with Crippen molar-refractivity contribution in [2.75, 3.05) is 12.9 Å². The number of thiol groups is 1.